The number of nitrogens with zero attached hydrogens (tertiary/aromatic N) is 1. The van der Waals surface area contributed by atoms with Crippen molar-refractivity contribution < 1.29 is 9.90 Å². The SMILES string of the molecule is Cc1nc(C)c(C(=O)O)cc1N.Cl. The third kappa shape index (κ3) is 2.32. The molecule has 0 aliphatic rings. The number of hydrogen-bond donors (Lipinski definition) is 2. The van der Waals surface area contributed by atoms with Gasteiger partial charge in [-0.3, -0.25) is 4.98 Å². The molecule has 3 N–H and O–H groups in total. The van der Waals surface area contributed by atoms with E-state index < -0.39 is 5.97 Å². The van der Waals surface area contributed by atoms with Crippen LogP contribution < -0.4 is 5.73 Å². The minimum atomic E-state index is -0.994. The Hall–Kier alpha value is -1.29. The molecule has 0 aromatic carbocycles. The van der Waals surface area contributed by atoms with Crippen molar-refractivity contribution in [2.45, 2.75) is 13.8 Å². The van der Waals surface area contributed by atoms with Crippen LogP contribution in [0.1, 0.15) is 21.7 Å². The predicted molar refractivity (Wildman–Crippen MR) is 52.3 cm³/mol. The number of aromatic nitrogens is 1. The van der Waals surface area contributed by atoms with E-state index in [0.717, 1.165) is 0 Å². The molecule has 1 rings (SSSR count). The zero-order valence-electron chi connectivity index (χ0n) is 7.37. The fraction of sp³-hybridized carbons (Fsp3) is 0.250. The molecule has 1 aromatic rings. The Morgan fingerprint density at radius 1 is 1.46 bits per heavy atom. The van der Waals surface area contributed by atoms with Gasteiger partial charge in [0.25, 0.3) is 0 Å². The van der Waals surface area contributed by atoms with Crippen molar-refractivity contribution in [1.29, 1.82) is 0 Å². The van der Waals surface area contributed by atoms with Crippen LogP contribution in [0, 0.1) is 13.8 Å². The van der Waals surface area contributed by atoms with Crippen molar-refractivity contribution in [3.8, 4) is 0 Å². The van der Waals surface area contributed by atoms with Gasteiger partial charge in [-0.25, -0.2) is 4.79 Å². The number of carboxylic acids is 1. The summed E-state index contributed by atoms with van der Waals surface area (Å²) in [6, 6.07) is 1.43. The van der Waals surface area contributed by atoms with E-state index in [1.165, 1.54) is 6.07 Å². The number of nitrogens with two attached hydrogens (primary N) is 1. The Morgan fingerprint density at radius 3 is 2.46 bits per heavy atom. The van der Waals surface area contributed by atoms with E-state index in [0.29, 0.717) is 17.1 Å². The summed E-state index contributed by atoms with van der Waals surface area (Å²) < 4.78 is 0. The molecule has 0 amide bonds. The Balaban J connectivity index is 0.00000144. The van der Waals surface area contributed by atoms with Crippen LogP contribution in [-0.2, 0) is 0 Å². The van der Waals surface area contributed by atoms with Crippen LogP contribution >= 0.6 is 12.4 Å². The standard InChI is InChI=1S/C8H10N2O2.ClH/c1-4-6(8(11)12)3-7(9)5(2)10-4;/h3H,9H2,1-2H3,(H,11,12);1H. The maximum absolute atomic E-state index is 10.6. The number of pyridine rings is 1. The van der Waals surface area contributed by atoms with Gasteiger partial charge in [0, 0.05) is 0 Å². The Morgan fingerprint density at radius 2 is 2.00 bits per heavy atom. The molecule has 0 bridgehead atoms. The van der Waals surface area contributed by atoms with Crippen LogP contribution in [0.3, 0.4) is 0 Å². The number of hydrogen-bond acceptors (Lipinski definition) is 3. The fourth-order valence-electron chi connectivity index (χ4n) is 0.957. The first-order chi connectivity index (χ1) is 5.52. The number of halogens is 1. The highest BCUT2D eigenvalue weighted by atomic mass is 35.5. The maximum Gasteiger partial charge on any atom is 0.337 e. The van der Waals surface area contributed by atoms with E-state index in [2.05, 4.69) is 4.98 Å². The molecule has 0 aliphatic carbocycles. The van der Waals surface area contributed by atoms with E-state index in [9.17, 15) is 4.79 Å². The first-order valence-electron chi connectivity index (χ1n) is 3.49. The second-order valence-electron chi connectivity index (χ2n) is 2.60. The molecular weight excluding hydrogens is 192 g/mol. The van der Waals surface area contributed by atoms with Gasteiger partial charge in [0.1, 0.15) is 0 Å². The molecule has 0 saturated heterocycles. The van der Waals surface area contributed by atoms with E-state index in [1.54, 1.807) is 13.8 Å². The molecule has 1 heterocycles. The minimum absolute atomic E-state index is 0. The molecule has 1 aromatic heterocycles. The zero-order valence-corrected chi connectivity index (χ0v) is 8.18. The van der Waals surface area contributed by atoms with Crippen LogP contribution in [0.4, 0.5) is 5.69 Å². The van der Waals surface area contributed by atoms with Crippen molar-refractivity contribution in [2.24, 2.45) is 0 Å². The van der Waals surface area contributed by atoms with Gasteiger partial charge in [-0.05, 0) is 19.9 Å². The van der Waals surface area contributed by atoms with Gasteiger partial charge < -0.3 is 10.8 Å². The van der Waals surface area contributed by atoms with Crippen LogP contribution in [0.2, 0.25) is 0 Å². The van der Waals surface area contributed by atoms with Crippen LogP contribution in [0.25, 0.3) is 0 Å². The van der Waals surface area contributed by atoms with Crippen molar-refractivity contribution in [2.75, 3.05) is 5.73 Å². The summed E-state index contributed by atoms with van der Waals surface area (Å²) in [6.45, 7) is 3.39. The average molecular weight is 203 g/mol. The number of rotatable bonds is 1. The van der Waals surface area contributed by atoms with Gasteiger partial charge in [0.15, 0.2) is 0 Å². The largest absolute Gasteiger partial charge is 0.478 e. The fourth-order valence-corrected chi connectivity index (χ4v) is 0.957. The van der Waals surface area contributed by atoms with Gasteiger partial charge in [-0.15, -0.1) is 12.4 Å². The number of aryl methyl sites for hydroxylation is 2. The first-order valence-corrected chi connectivity index (χ1v) is 3.49. The van der Waals surface area contributed by atoms with Gasteiger partial charge in [-0.1, -0.05) is 0 Å². The summed E-state index contributed by atoms with van der Waals surface area (Å²) in [5.41, 5.74) is 7.24. The topological polar surface area (TPSA) is 76.2 Å². The average Bonchev–Trinajstić information content (AvgIpc) is 1.96. The number of aromatic carboxylic acids is 1. The lowest BCUT2D eigenvalue weighted by molar-refractivity contribution is 0.0695. The molecule has 0 fully saturated rings. The van der Waals surface area contributed by atoms with Crippen molar-refractivity contribution in [3.63, 3.8) is 0 Å². The molecule has 0 spiro atoms. The Labute approximate surface area is 82.2 Å². The lowest BCUT2D eigenvalue weighted by Crippen LogP contribution is -2.05. The van der Waals surface area contributed by atoms with Crippen LogP contribution in [0.5, 0.6) is 0 Å². The van der Waals surface area contributed by atoms with Crippen LogP contribution in [-0.4, -0.2) is 16.1 Å². The van der Waals surface area contributed by atoms with E-state index in [4.69, 9.17) is 10.8 Å². The van der Waals surface area contributed by atoms with E-state index >= 15 is 0 Å². The first kappa shape index (κ1) is 11.7. The summed E-state index contributed by atoms with van der Waals surface area (Å²) in [4.78, 5) is 14.6. The minimum Gasteiger partial charge on any atom is -0.478 e. The lowest BCUT2D eigenvalue weighted by Gasteiger charge is -2.03. The van der Waals surface area contributed by atoms with Gasteiger partial charge in [-0.2, -0.15) is 0 Å². The van der Waals surface area contributed by atoms with Gasteiger partial charge in [0.2, 0.25) is 0 Å². The third-order valence-electron chi connectivity index (χ3n) is 1.67. The molecule has 0 unspecified atom stereocenters. The molecule has 0 radical (unpaired) electrons. The van der Waals surface area contributed by atoms with Gasteiger partial charge in [0.05, 0.1) is 22.6 Å². The Kier molecular flexibility index (Phi) is 3.69. The molecule has 0 saturated carbocycles. The normalized spacial score (nSPS) is 9.08. The number of nitrogen functional groups attached to an aromatic ring is 1. The number of anilines is 1. The Bertz CT molecular complexity index is 339. The maximum atomic E-state index is 10.6. The van der Waals surface area contributed by atoms with Crippen molar-refractivity contribution >= 4 is 24.1 Å². The smallest absolute Gasteiger partial charge is 0.337 e. The summed E-state index contributed by atoms with van der Waals surface area (Å²) in [6.07, 6.45) is 0. The highest BCUT2D eigenvalue weighted by Gasteiger charge is 2.09. The number of carbonyl (C=O) groups is 1. The molecule has 72 valence electrons. The second-order valence-corrected chi connectivity index (χ2v) is 2.60. The molecule has 0 atom stereocenters. The van der Waals surface area contributed by atoms with Crippen LogP contribution in [0.15, 0.2) is 6.07 Å². The highest BCUT2D eigenvalue weighted by molar-refractivity contribution is 5.89. The quantitative estimate of drug-likeness (QED) is 0.722. The third-order valence-corrected chi connectivity index (χ3v) is 1.67. The van der Waals surface area contributed by atoms with E-state index in [1.807, 2.05) is 0 Å². The molecule has 0 aliphatic heterocycles. The predicted octanol–water partition coefficient (Wildman–Crippen LogP) is 1.40. The summed E-state index contributed by atoms with van der Waals surface area (Å²) >= 11 is 0. The monoisotopic (exact) mass is 202 g/mol. The zero-order chi connectivity index (χ0) is 9.30. The van der Waals surface area contributed by atoms with Gasteiger partial charge >= 0.3 is 5.97 Å². The molecular formula is C8H11ClN2O2. The summed E-state index contributed by atoms with van der Waals surface area (Å²) in [7, 11) is 0. The second kappa shape index (κ2) is 4.09. The summed E-state index contributed by atoms with van der Waals surface area (Å²) in [5, 5.41) is 8.69. The van der Waals surface area contributed by atoms with E-state index in [-0.39, 0.29) is 18.0 Å². The molecule has 5 heteroatoms. The number of carboxylic acid groups (broad SMARTS) is 1. The lowest BCUT2D eigenvalue weighted by atomic mass is 10.1. The summed E-state index contributed by atoms with van der Waals surface area (Å²) in [5.74, 6) is -0.994. The highest BCUT2D eigenvalue weighted by Crippen LogP contribution is 2.13. The molecule has 13 heavy (non-hydrogen) atoms. The van der Waals surface area contributed by atoms with Crippen molar-refractivity contribution in [1.82, 2.24) is 4.98 Å². The van der Waals surface area contributed by atoms with Crippen molar-refractivity contribution in [3.05, 3.63) is 23.0 Å². The molecule has 4 nitrogen and oxygen atoms in total.